The molecule has 0 saturated carbocycles. The van der Waals surface area contributed by atoms with Crippen LogP contribution in [0, 0.1) is 6.92 Å². The number of hydrogen-bond donors (Lipinski definition) is 6. The van der Waals surface area contributed by atoms with Gasteiger partial charge in [-0.15, -0.1) is 10.2 Å². The lowest BCUT2D eigenvalue weighted by atomic mass is 9.91. The van der Waals surface area contributed by atoms with Crippen LogP contribution >= 0.6 is 0 Å². The predicted octanol–water partition coefficient (Wildman–Crippen LogP) is 2.70. The average Bonchev–Trinajstić information content (AvgIpc) is 3.92. The van der Waals surface area contributed by atoms with Crippen molar-refractivity contribution in [1.82, 2.24) is 39.6 Å². The lowest BCUT2D eigenvalue weighted by Gasteiger charge is -2.20. The van der Waals surface area contributed by atoms with Crippen LogP contribution in [-0.4, -0.2) is 106 Å². The fourth-order valence-electron chi connectivity index (χ4n) is 6.24. The van der Waals surface area contributed by atoms with E-state index in [1.807, 2.05) is 36.4 Å². The van der Waals surface area contributed by atoms with Gasteiger partial charge < -0.3 is 40.6 Å². The second-order valence-corrected chi connectivity index (χ2v) is 11.8. The molecule has 2 saturated heterocycles. The maximum Gasteiger partial charge on any atom is 0.290 e. The third-order valence-corrected chi connectivity index (χ3v) is 8.61. The topological polar surface area (TPSA) is 199 Å². The highest BCUT2D eigenvalue weighted by Gasteiger charge is 2.46. The van der Waals surface area contributed by atoms with Crippen molar-refractivity contribution in [2.75, 3.05) is 43.4 Å². The number of benzene rings is 2. The molecule has 0 bridgehead atoms. The lowest BCUT2D eigenvalue weighted by Crippen LogP contribution is -2.29. The van der Waals surface area contributed by atoms with Gasteiger partial charge in [-0.1, -0.05) is 60.7 Å². The normalized spacial score (nSPS) is 20.9. The van der Waals surface area contributed by atoms with E-state index in [1.165, 1.54) is 24.0 Å². The average molecular weight is 657 g/mol. The maximum atomic E-state index is 11.1. The van der Waals surface area contributed by atoms with E-state index in [0.717, 1.165) is 19.6 Å². The van der Waals surface area contributed by atoms with Crippen molar-refractivity contribution in [3.8, 4) is 0 Å². The molecular formula is C33H40N10O5. The van der Waals surface area contributed by atoms with E-state index in [0.29, 0.717) is 47.7 Å². The second kappa shape index (κ2) is 15.3. The Hall–Kier alpha value is -4.96. The van der Waals surface area contributed by atoms with E-state index in [9.17, 15) is 10.2 Å². The number of aryl methyl sites for hydroxylation is 1. The molecule has 0 unspecified atom stereocenters. The number of ether oxygens (including phenoxy) is 1. The molecule has 6 N–H and O–H groups in total. The summed E-state index contributed by atoms with van der Waals surface area (Å²) in [4.78, 5) is 28.1. The van der Waals surface area contributed by atoms with Crippen molar-refractivity contribution in [2.24, 2.45) is 0 Å². The fourth-order valence-corrected chi connectivity index (χ4v) is 6.24. The first kappa shape index (κ1) is 33.0. The molecule has 2 aliphatic heterocycles. The largest absolute Gasteiger partial charge is 0.483 e. The molecule has 7 rings (SSSR count). The number of H-pyrrole nitrogens is 1. The van der Waals surface area contributed by atoms with Gasteiger partial charge in [0.25, 0.3) is 6.47 Å². The van der Waals surface area contributed by atoms with Crippen molar-refractivity contribution < 1.29 is 24.9 Å². The zero-order chi connectivity index (χ0) is 33.5. The highest BCUT2D eigenvalue weighted by Crippen LogP contribution is 2.39. The Kier molecular flexibility index (Phi) is 10.5. The quantitative estimate of drug-likeness (QED) is 0.114. The van der Waals surface area contributed by atoms with Gasteiger partial charge in [0, 0.05) is 25.6 Å². The molecule has 0 radical (unpaired) electrons. The Morgan fingerprint density at radius 1 is 0.979 bits per heavy atom. The number of rotatable bonds is 11. The van der Waals surface area contributed by atoms with Crippen molar-refractivity contribution in [3.05, 3.63) is 89.8 Å². The monoisotopic (exact) mass is 656 g/mol. The van der Waals surface area contributed by atoms with Gasteiger partial charge in [-0.3, -0.25) is 9.36 Å². The molecule has 2 aliphatic rings. The van der Waals surface area contributed by atoms with E-state index in [4.69, 9.17) is 24.6 Å². The number of hydrogen-bond acceptors (Lipinski definition) is 12. The summed E-state index contributed by atoms with van der Waals surface area (Å²) in [5.41, 5.74) is 3.37. The van der Waals surface area contributed by atoms with Gasteiger partial charge in [-0.25, -0.2) is 4.98 Å². The number of fused-ring (bicyclic) bond motifs is 1. The van der Waals surface area contributed by atoms with E-state index in [2.05, 4.69) is 60.0 Å². The minimum atomic E-state index is -1.25. The molecule has 2 fully saturated rings. The number of likely N-dealkylation sites (tertiary alicyclic amines) is 1. The van der Waals surface area contributed by atoms with Crippen LogP contribution in [0.5, 0.6) is 0 Å². The van der Waals surface area contributed by atoms with Gasteiger partial charge in [0.15, 0.2) is 29.0 Å². The number of aromatic nitrogens is 7. The van der Waals surface area contributed by atoms with Crippen LogP contribution in [0.4, 0.5) is 11.8 Å². The van der Waals surface area contributed by atoms with Gasteiger partial charge in [0.05, 0.1) is 6.33 Å². The molecule has 15 heteroatoms. The molecule has 5 heterocycles. The van der Waals surface area contributed by atoms with Gasteiger partial charge in [-0.05, 0) is 44.0 Å². The summed E-state index contributed by atoms with van der Waals surface area (Å²) in [6, 6.07) is 20.8. The van der Waals surface area contributed by atoms with Crippen LogP contribution in [-0.2, 0) is 9.53 Å². The summed E-state index contributed by atoms with van der Waals surface area (Å²) < 4.78 is 7.81. The Balaban J connectivity index is 0.00000129. The van der Waals surface area contributed by atoms with Crippen molar-refractivity contribution in [3.63, 3.8) is 0 Å². The summed E-state index contributed by atoms with van der Waals surface area (Å²) in [5, 5.41) is 43.9. The van der Waals surface area contributed by atoms with Crippen LogP contribution < -0.4 is 10.6 Å². The Morgan fingerprint density at radius 3 is 2.27 bits per heavy atom. The third kappa shape index (κ3) is 7.28. The van der Waals surface area contributed by atoms with Gasteiger partial charge in [-0.2, -0.15) is 9.97 Å². The van der Waals surface area contributed by atoms with Crippen LogP contribution in [0.15, 0.2) is 67.0 Å². The molecule has 0 aliphatic carbocycles. The van der Waals surface area contributed by atoms with Gasteiger partial charge in [0.1, 0.15) is 24.1 Å². The van der Waals surface area contributed by atoms with Crippen LogP contribution in [0.25, 0.3) is 11.2 Å². The van der Waals surface area contributed by atoms with E-state index >= 15 is 0 Å². The summed E-state index contributed by atoms with van der Waals surface area (Å²) >= 11 is 0. The Bertz CT molecular complexity index is 1720. The van der Waals surface area contributed by atoms with Crippen molar-refractivity contribution >= 4 is 29.4 Å². The Labute approximate surface area is 277 Å². The smallest absolute Gasteiger partial charge is 0.290 e. The number of nitrogens with zero attached hydrogens (tertiary/aromatic N) is 7. The summed E-state index contributed by atoms with van der Waals surface area (Å²) in [6.07, 6.45) is -0.306. The highest BCUT2D eigenvalue weighted by molar-refractivity contribution is 5.84. The second-order valence-electron chi connectivity index (χ2n) is 11.8. The molecule has 4 atom stereocenters. The molecule has 48 heavy (non-hydrogen) atoms. The first-order valence-electron chi connectivity index (χ1n) is 16.0. The highest BCUT2D eigenvalue weighted by atomic mass is 16.6. The van der Waals surface area contributed by atoms with E-state index < -0.39 is 24.5 Å². The van der Waals surface area contributed by atoms with Gasteiger partial charge in [0.2, 0.25) is 5.95 Å². The number of aromatic amines is 1. The number of nitrogens with one attached hydrogen (secondary N) is 3. The molecule has 0 amide bonds. The van der Waals surface area contributed by atoms with Crippen LogP contribution in [0.3, 0.4) is 0 Å². The predicted molar refractivity (Wildman–Crippen MR) is 177 cm³/mol. The molecule has 15 nitrogen and oxygen atoms in total. The molecular weight excluding hydrogens is 616 g/mol. The zero-order valence-corrected chi connectivity index (χ0v) is 26.6. The molecule has 5 aromatic rings. The SMILES string of the molecule is Cc1nnc([C@H]2O[C@@H](n3cnc4c(NCC(c5ccccc5)c5ccccc5)nc(NCCN5CCCC5)nc43)[C@H](O)[C@@H]2O)[nH]1.O=CO. The van der Waals surface area contributed by atoms with Crippen molar-refractivity contribution in [2.45, 2.75) is 50.2 Å². The molecule has 2 aromatic carbocycles. The van der Waals surface area contributed by atoms with Crippen molar-refractivity contribution in [1.29, 1.82) is 0 Å². The molecule has 252 valence electrons. The number of aliphatic hydroxyl groups is 2. The Morgan fingerprint density at radius 2 is 1.65 bits per heavy atom. The number of aliphatic hydroxyl groups excluding tert-OH is 2. The third-order valence-electron chi connectivity index (χ3n) is 8.61. The number of imidazole rings is 1. The summed E-state index contributed by atoms with van der Waals surface area (Å²) in [6.45, 7) is 5.86. The standard InChI is InChI=1S/C32H38N10O3.CH2O2/c1-20-36-29(40-39-20)27-25(43)26(44)31(45-27)42-19-35-24-28(37-32(38-30(24)42)33-14-17-41-15-8-9-16-41)34-18-23(21-10-4-2-5-11-21)22-12-6-3-7-13-22;2-1-3/h2-7,10-13,19,23,25-27,31,43-44H,8-9,14-18H2,1H3,(H,36,39,40)(H2,33,34,37,38);1H,(H,2,3)/t25-,26+,27-,31+;/m0./s1. The van der Waals surface area contributed by atoms with E-state index in [1.54, 1.807) is 17.8 Å². The maximum absolute atomic E-state index is 11.1. The molecule has 3 aromatic heterocycles. The summed E-state index contributed by atoms with van der Waals surface area (Å²) in [7, 11) is 0. The minimum absolute atomic E-state index is 0.0623. The van der Waals surface area contributed by atoms with Gasteiger partial charge >= 0.3 is 0 Å². The van der Waals surface area contributed by atoms with Crippen LogP contribution in [0.1, 0.15) is 53.9 Å². The minimum Gasteiger partial charge on any atom is -0.483 e. The fraction of sp³-hybridized carbons (Fsp3) is 0.394. The first-order chi connectivity index (χ1) is 23.5. The number of carboxylic acid groups (broad SMARTS) is 1. The summed E-state index contributed by atoms with van der Waals surface area (Å²) in [5.74, 6) is 2.00. The van der Waals surface area contributed by atoms with E-state index in [-0.39, 0.29) is 12.4 Å². The zero-order valence-electron chi connectivity index (χ0n) is 26.6. The first-order valence-corrected chi connectivity index (χ1v) is 16.0. The van der Waals surface area contributed by atoms with Crippen LogP contribution in [0.2, 0.25) is 0 Å². The number of anilines is 2. The lowest BCUT2D eigenvalue weighted by molar-refractivity contribution is -0.122. The number of carbonyl (C=O) groups is 1. The molecule has 0 spiro atoms.